The largest absolute Gasteiger partial charge is 0.497 e. The van der Waals surface area contributed by atoms with Crippen molar-refractivity contribution in [2.24, 2.45) is 0 Å². The second-order valence-corrected chi connectivity index (χ2v) is 5.69. The molecule has 0 amide bonds. The summed E-state index contributed by atoms with van der Waals surface area (Å²) in [5.41, 5.74) is 2.21. The number of aromatic nitrogens is 1. The fourth-order valence-corrected chi connectivity index (χ4v) is 3.00. The van der Waals surface area contributed by atoms with Crippen molar-refractivity contribution >= 4 is 23.2 Å². The maximum absolute atomic E-state index is 12.4. The molecule has 3 aromatic rings. The van der Waals surface area contributed by atoms with Crippen LogP contribution >= 0.6 is 0 Å². The lowest BCUT2D eigenvalue weighted by Gasteiger charge is -2.11. The fourth-order valence-electron chi connectivity index (χ4n) is 3.00. The Labute approximate surface area is 150 Å². The van der Waals surface area contributed by atoms with Crippen LogP contribution in [-0.4, -0.2) is 38.2 Å². The van der Waals surface area contributed by atoms with Crippen LogP contribution in [0.4, 0.5) is 0 Å². The molecule has 26 heavy (non-hydrogen) atoms. The molecule has 1 heterocycles. The lowest BCUT2D eigenvalue weighted by Crippen LogP contribution is -2.13. The zero-order chi connectivity index (χ0) is 18.7. The van der Waals surface area contributed by atoms with Gasteiger partial charge in [0.15, 0.2) is 6.29 Å². The third-order valence-electron chi connectivity index (χ3n) is 4.31. The Morgan fingerprint density at radius 2 is 1.65 bits per heavy atom. The van der Waals surface area contributed by atoms with E-state index < -0.39 is 5.97 Å². The van der Waals surface area contributed by atoms with Crippen LogP contribution in [0, 0.1) is 0 Å². The number of benzene rings is 2. The average molecular weight is 353 g/mol. The van der Waals surface area contributed by atoms with Crippen LogP contribution in [0.25, 0.3) is 10.9 Å². The van der Waals surface area contributed by atoms with E-state index in [0.717, 1.165) is 16.8 Å². The van der Waals surface area contributed by atoms with Gasteiger partial charge in [-0.15, -0.1) is 0 Å². The van der Waals surface area contributed by atoms with E-state index in [1.165, 1.54) is 7.11 Å². The number of rotatable bonds is 6. The number of esters is 1. The van der Waals surface area contributed by atoms with Crippen LogP contribution in [0.2, 0.25) is 0 Å². The molecule has 0 saturated carbocycles. The third kappa shape index (κ3) is 3.01. The number of nitrogens with zero attached hydrogens (tertiary/aromatic N) is 1. The number of carbonyl (C=O) groups is 2. The van der Waals surface area contributed by atoms with Crippen LogP contribution in [0.3, 0.4) is 0 Å². The summed E-state index contributed by atoms with van der Waals surface area (Å²) in [6.45, 7) is 0.395. The van der Waals surface area contributed by atoms with Gasteiger partial charge < -0.3 is 18.8 Å². The Hall–Kier alpha value is -3.28. The Morgan fingerprint density at radius 3 is 2.23 bits per heavy atom. The molecule has 0 aliphatic carbocycles. The Kier molecular flexibility index (Phi) is 4.93. The van der Waals surface area contributed by atoms with Gasteiger partial charge in [-0.05, 0) is 29.8 Å². The molecule has 0 radical (unpaired) electrons. The third-order valence-corrected chi connectivity index (χ3v) is 4.31. The highest BCUT2D eigenvalue weighted by molar-refractivity contribution is 6.09. The highest BCUT2D eigenvalue weighted by atomic mass is 16.5. The Balaban J connectivity index is 2.21. The predicted octanol–water partition coefficient (Wildman–Crippen LogP) is 3.31. The first-order valence-electron chi connectivity index (χ1n) is 7.99. The van der Waals surface area contributed by atoms with E-state index in [9.17, 15) is 9.59 Å². The number of fused-ring (bicyclic) bond motifs is 1. The van der Waals surface area contributed by atoms with Gasteiger partial charge in [0.1, 0.15) is 17.2 Å². The number of aldehydes is 1. The molecule has 3 rings (SSSR count). The quantitative estimate of drug-likeness (QED) is 0.502. The van der Waals surface area contributed by atoms with Crippen molar-refractivity contribution in [1.82, 2.24) is 4.57 Å². The molecule has 1 aromatic heterocycles. The zero-order valence-electron chi connectivity index (χ0n) is 14.8. The standard InChI is InChI=1S/C20H19NO5/c1-24-14-6-4-13(5-7-14)11-21-18-10-15(25-2)8-9-16(18)17(12-22)19(21)20(23)26-3/h4-10,12H,11H2,1-3H3. The second kappa shape index (κ2) is 7.31. The molecule has 6 heteroatoms. The van der Waals surface area contributed by atoms with E-state index in [0.29, 0.717) is 29.5 Å². The monoisotopic (exact) mass is 353 g/mol. The Bertz CT molecular complexity index is 956. The van der Waals surface area contributed by atoms with Gasteiger partial charge in [0.2, 0.25) is 0 Å². The lowest BCUT2D eigenvalue weighted by atomic mass is 10.1. The predicted molar refractivity (Wildman–Crippen MR) is 97.3 cm³/mol. The lowest BCUT2D eigenvalue weighted by molar-refractivity contribution is 0.0587. The number of hydrogen-bond acceptors (Lipinski definition) is 5. The maximum Gasteiger partial charge on any atom is 0.355 e. The molecule has 0 bridgehead atoms. The molecule has 134 valence electrons. The number of ether oxygens (including phenoxy) is 3. The average Bonchev–Trinajstić information content (AvgIpc) is 3.00. The topological polar surface area (TPSA) is 66.8 Å². The van der Waals surface area contributed by atoms with E-state index in [-0.39, 0.29) is 5.69 Å². The minimum Gasteiger partial charge on any atom is -0.497 e. The first kappa shape index (κ1) is 17.5. The van der Waals surface area contributed by atoms with Crippen molar-refractivity contribution in [3.05, 3.63) is 59.3 Å². The van der Waals surface area contributed by atoms with Gasteiger partial charge in [-0.25, -0.2) is 4.79 Å². The number of hydrogen-bond donors (Lipinski definition) is 0. The molecule has 0 saturated heterocycles. The van der Waals surface area contributed by atoms with E-state index in [4.69, 9.17) is 14.2 Å². The summed E-state index contributed by atoms with van der Waals surface area (Å²) in [6.07, 6.45) is 0.686. The van der Waals surface area contributed by atoms with E-state index >= 15 is 0 Å². The molecule has 0 spiro atoms. The van der Waals surface area contributed by atoms with Crippen molar-refractivity contribution < 1.29 is 23.8 Å². The highest BCUT2D eigenvalue weighted by Crippen LogP contribution is 2.30. The molecular weight excluding hydrogens is 334 g/mol. The molecular formula is C20H19NO5. The minimum atomic E-state index is -0.559. The van der Waals surface area contributed by atoms with Crippen molar-refractivity contribution in [1.29, 1.82) is 0 Å². The Morgan fingerprint density at radius 1 is 1.00 bits per heavy atom. The molecule has 0 fully saturated rings. The fraction of sp³-hybridized carbons (Fsp3) is 0.200. The normalized spacial score (nSPS) is 10.6. The van der Waals surface area contributed by atoms with Crippen LogP contribution in [-0.2, 0) is 11.3 Å². The molecule has 2 aromatic carbocycles. The van der Waals surface area contributed by atoms with Gasteiger partial charge in [-0.3, -0.25) is 4.79 Å². The van der Waals surface area contributed by atoms with Gasteiger partial charge in [0.25, 0.3) is 0 Å². The smallest absolute Gasteiger partial charge is 0.355 e. The van der Waals surface area contributed by atoms with Gasteiger partial charge >= 0.3 is 5.97 Å². The highest BCUT2D eigenvalue weighted by Gasteiger charge is 2.23. The molecule has 6 nitrogen and oxygen atoms in total. The summed E-state index contributed by atoms with van der Waals surface area (Å²) in [6, 6.07) is 12.8. The van der Waals surface area contributed by atoms with E-state index in [1.54, 1.807) is 37.0 Å². The van der Waals surface area contributed by atoms with Gasteiger partial charge in [-0.2, -0.15) is 0 Å². The van der Waals surface area contributed by atoms with Gasteiger partial charge in [0.05, 0.1) is 32.4 Å². The van der Waals surface area contributed by atoms with Crippen molar-refractivity contribution in [2.45, 2.75) is 6.54 Å². The van der Waals surface area contributed by atoms with E-state index in [1.807, 2.05) is 24.3 Å². The van der Waals surface area contributed by atoms with Crippen molar-refractivity contribution in [2.75, 3.05) is 21.3 Å². The summed E-state index contributed by atoms with van der Waals surface area (Å²) in [5, 5.41) is 0.676. The number of methoxy groups -OCH3 is 3. The summed E-state index contributed by atoms with van der Waals surface area (Å²) >= 11 is 0. The molecule has 0 aliphatic heterocycles. The van der Waals surface area contributed by atoms with Crippen LogP contribution in [0.5, 0.6) is 11.5 Å². The SMILES string of the molecule is COC(=O)c1c(C=O)c2ccc(OC)cc2n1Cc1ccc(OC)cc1. The summed E-state index contributed by atoms with van der Waals surface area (Å²) in [4.78, 5) is 24.1. The minimum absolute atomic E-state index is 0.224. The van der Waals surface area contributed by atoms with Crippen molar-refractivity contribution in [3.8, 4) is 11.5 Å². The van der Waals surface area contributed by atoms with Crippen LogP contribution in [0.15, 0.2) is 42.5 Å². The van der Waals surface area contributed by atoms with Gasteiger partial charge in [-0.1, -0.05) is 12.1 Å². The zero-order valence-corrected chi connectivity index (χ0v) is 14.8. The first-order chi connectivity index (χ1) is 12.6. The van der Waals surface area contributed by atoms with Crippen molar-refractivity contribution in [3.63, 3.8) is 0 Å². The summed E-state index contributed by atoms with van der Waals surface area (Å²) in [7, 11) is 4.47. The van der Waals surface area contributed by atoms with Gasteiger partial charge in [0, 0.05) is 18.0 Å². The molecule has 0 unspecified atom stereocenters. The second-order valence-electron chi connectivity index (χ2n) is 5.69. The maximum atomic E-state index is 12.4. The number of carbonyl (C=O) groups excluding carboxylic acids is 2. The van der Waals surface area contributed by atoms with E-state index in [2.05, 4.69) is 0 Å². The molecule has 0 aliphatic rings. The first-order valence-corrected chi connectivity index (χ1v) is 7.99. The summed E-state index contributed by atoms with van der Waals surface area (Å²) in [5.74, 6) is 0.824. The molecule has 0 N–H and O–H groups in total. The molecule has 0 atom stereocenters. The van der Waals surface area contributed by atoms with Crippen LogP contribution < -0.4 is 9.47 Å². The summed E-state index contributed by atoms with van der Waals surface area (Å²) < 4.78 is 17.2. The van der Waals surface area contributed by atoms with Crippen LogP contribution in [0.1, 0.15) is 26.4 Å².